The Bertz CT molecular complexity index is 1320. The van der Waals surface area contributed by atoms with E-state index in [0.29, 0.717) is 11.1 Å². The first kappa shape index (κ1) is 25.6. The van der Waals surface area contributed by atoms with Gasteiger partial charge in [-0.3, -0.25) is 4.79 Å². The highest BCUT2D eigenvalue weighted by Crippen LogP contribution is 2.31. The van der Waals surface area contributed by atoms with Crippen LogP contribution in [0.1, 0.15) is 16.7 Å². The Labute approximate surface area is 204 Å². The second kappa shape index (κ2) is 11.4. The Hall–Kier alpha value is -4.05. The zero-order valence-corrected chi connectivity index (χ0v) is 20.7. The van der Waals surface area contributed by atoms with E-state index >= 15 is 0 Å². The number of hydrazone groups is 1. The average Bonchev–Trinajstić information content (AvgIpc) is 2.85. The number of benzene rings is 3. The third-order valence-electron chi connectivity index (χ3n) is 4.95. The van der Waals surface area contributed by atoms with Gasteiger partial charge in [-0.05, 0) is 79.1 Å². The molecule has 35 heavy (non-hydrogen) atoms. The molecule has 1 amide bonds. The van der Waals surface area contributed by atoms with Crippen LogP contribution in [0.2, 0.25) is 0 Å². The minimum absolute atomic E-state index is 0.0238. The highest BCUT2D eigenvalue weighted by molar-refractivity contribution is 7.87. The van der Waals surface area contributed by atoms with Crippen LogP contribution in [0.3, 0.4) is 0 Å². The fraction of sp³-hybridized carbons (Fsp3) is 0.200. The molecule has 3 aromatic carbocycles. The van der Waals surface area contributed by atoms with Crippen LogP contribution in [0, 0.1) is 13.8 Å². The van der Waals surface area contributed by atoms with Crippen molar-refractivity contribution < 1.29 is 26.9 Å². The topological polar surface area (TPSA) is 115 Å². The predicted molar refractivity (Wildman–Crippen MR) is 134 cm³/mol. The number of hydrogen-bond donors (Lipinski definition) is 2. The van der Waals surface area contributed by atoms with Gasteiger partial charge in [0.2, 0.25) is 0 Å². The molecule has 3 rings (SSSR count). The molecule has 10 heteroatoms. The van der Waals surface area contributed by atoms with Gasteiger partial charge in [0, 0.05) is 5.69 Å². The summed E-state index contributed by atoms with van der Waals surface area (Å²) in [4.78, 5) is 12.1. The van der Waals surface area contributed by atoms with Gasteiger partial charge in [0.15, 0.2) is 11.5 Å². The molecule has 3 aromatic rings. The Morgan fingerprint density at radius 3 is 2.37 bits per heavy atom. The van der Waals surface area contributed by atoms with Gasteiger partial charge in [-0.1, -0.05) is 12.1 Å². The minimum atomic E-state index is -4.06. The molecule has 2 N–H and O–H groups in total. The molecule has 0 aliphatic rings. The normalized spacial score (nSPS) is 11.2. The maximum atomic E-state index is 12.8. The quantitative estimate of drug-likeness (QED) is 0.250. The Morgan fingerprint density at radius 1 is 0.943 bits per heavy atom. The molecule has 184 valence electrons. The molecule has 0 atom stereocenters. The van der Waals surface area contributed by atoms with Crippen molar-refractivity contribution in [1.82, 2.24) is 5.43 Å². The molecule has 0 heterocycles. The lowest BCUT2D eigenvalue weighted by Gasteiger charge is -2.13. The maximum Gasteiger partial charge on any atom is 0.339 e. The molecule has 0 bridgehead atoms. The van der Waals surface area contributed by atoms with Gasteiger partial charge >= 0.3 is 10.1 Å². The molecular weight excluding hydrogens is 470 g/mol. The van der Waals surface area contributed by atoms with Crippen molar-refractivity contribution in [2.45, 2.75) is 18.7 Å². The number of anilines is 1. The van der Waals surface area contributed by atoms with Gasteiger partial charge in [-0.2, -0.15) is 13.5 Å². The summed E-state index contributed by atoms with van der Waals surface area (Å²) in [6.45, 7) is 3.53. The van der Waals surface area contributed by atoms with Crippen molar-refractivity contribution in [3.8, 4) is 17.2 Å². The van der Waals surface area contributed by atoms with Crippen molar-refractivity contribution in [2.75, 3.05) is 26.1 Å². The predicted octanol–water partition coefficient (Wildman–Crippen LogP) is 3.65. The zero-order chi connectivity index (χ0) is 25.4. The fourth-order valence-electron chi connectivity index (χ4n) is 3.08. The zero-order valence-electron chi connectivity index (χ0n) is 19.9. The Morgan fingerprint density at radius 2 is 1.69 bits per heavy atom. The second-order valence-corrected chi connectivity index (χ2v) is 9.11. The largest absolute Gasteiger partial charge is 0.497 e. The number of carbonyl (C=O) groups is 1. The van der Waals surface area contributed by atoms with E-state index in [1.54, 1.807) is 69.5 Å². The smallest absolute Gasteiger partial charge is 0.339 e. The first-order chi connectivity index (χ1) is 16.7. The molecule has 0 aromatic heterocycles. The number of rotatable bonds is 10. The number of aryl methyl sites for hydroxylation is 2. The summed E-state index contributed by atoms with van der Waals surface area (Å²) in [6.07, 6.45) is 1.41. The lowest BCUT2D eigenvalue weighted by atomic mass is 10.2. The van der Waals surface area contributed by atoms with Crippen molar-refractivity contribution >= 4 is 27.9 Å². The maximum absolute atomic E-state index is 12.8. The van der Waals surface area contributed by atoms with Gasteiger partial charge in [-0.25, -0.2) is 5.43 Å². The summed E-state index contributed by atoms with van der Waals surface area (Å²) < 4.78 is 41.4. The number of nitrogens with one attached hydrogen (secondary N) is 2. The number of ether oxygens (including phenoxy) is 2. The van der Waals surface area contributed by atoms with Crippen LogP contribution in [0.4, 0.5) is 5.69 Å². The highest BCUT2D eigenvalue weighted by atomic mass is 32.2. The van der Waals surface area contributed by atoms with E-state index in [1.807, 2.05) is 6.07 Å². The number of amides is 1. The van der Waals surface area contributed by atoms with Gasteiger partial charge in [0.05, 0.1) is 27.0 Å². The molecule has 0 aliphatic heterocycles. The van der Waals surface area contributed by atoms with Crippen LogP contribution in [0.25, 0.3) is 0 Å². The van der Waals surface area contributed by atoms with E-state index in [1.165, 1.54) is 19.4 Å². The van der Waals surface area contributed by atoms with E-state index in [9.17, 15) is 13.2 Å². The molecule has 9 nitrogen and oxygen atoms in total. The van der Waals surface area contributed by atoms with Crippen LogP contribution < -0.4 is 24.4 Å². The molecule has 0 radical (unpaired) electrons. The van der Waals surface area contributed by atoms with E-state index < -0.39 is 10.1 Å². The third kappa shape index (κ3) is 6.97. The van der Waals surface area contributed by atoms with Crippen LogP contribution in [-0.4, -0.2) is 41.3 Å². The van der Waals surface area contributed by atoms with Crippen molar-refractivity contribution in [2.24, 2.45) is 5.10 Å². The molecule has 0 fully saturated rings. The Kier molecular flexibility index (Phi) is 8.32. The van der Waals surface area contributed by atoms with Crippen LogP contribution >= 0.6 is 0 Å². The lowest BCUT2D eigenvalue weighted by Crippen LogP contribution is -2.25. The molecule has 0 aliphatic carbocycles. The monoisotopic (exact) mass is 497 g/mol. The molecular formula is C25H27N3O6S. The summed E-state index contributed by atoms with van der Waals surface area (Å²) in [5.74, 6) is 0.622. The molecule has 0 unspecified atom stereocenters. The summed E-state index contributed by atoms with van der Waals surface area (Å²) in [5, 5.41) is 6.91. The third-order valence-corrected chi connectivity index (χ3v) is 6.32. The van der Waals surface area contributed by atoms with Crippen LogP contribution in [0.5, 0.6) is 17.2 Å². The fourth-order valence-corrected chi connectivity index (χ4v) is 4.34. The Balaban J connectivity index is 1.62. The van der Waals surface area contributed by atoms with Crippen molar-refractivity contribution in [3.63, 3.8) is 0 Å². The molecule has 0 saturated heterocycles. The van der Waals surface area contributed by atoms with Crippen molar-refractivity contribution in [1.29, 1.82) is 0 Å². The van der Waals surface area contributed by atoms with E-state index in [-0.39, 0.29) is 28.8 Å². The molecule has 0 spiro atoms. The summed E-state index contributed by atoms with van der Waals surface area (Å²) >= 11 is 0. The summed E-state index contributed by atoms with van der Waals surface area (Å²) in [7, 11) is -1.07. The number of nitrogens with zero attached hydrogens (tertiary/aromatic N) is 1. The highest BCUT2D eigenvalue weighted by Gasteiger charge is 2.21. The number of methoxy groups -OCH3 is 2. The first-order valence-electron chi connectivity index (χ1n) is 10.6. The standard InChI is InChI=1S/C25H27N3O6S/c1-17-5-6-18(2)24(13-17)35(30,31)34-22-12-7-19(14-23(22)33-4)15-27-28-25(29)16-26-20-8-10-21(32-3)11-9-20/h5-15,26H,16H2,1-4H3,(H,28,29)/b27-15+. The van der Waals surface area contributed by atoms with E-state index in [0.717, 1.165) is 17.0 Å². The van der Waals surface area contributed by atoms with Crippen molar-refractivity contribution in [3.05, 3.63) is 77.4 Å². The average molecular weight is 498 g/mol. The van der Waals surface area contributed by atoms with Gasteiger partial charge < -0.3 is 19.0 Å². The van der Waals surface area contributed by atoms with E-state index in [2.05, 4.69) is 15.8 Å². The van der Waals surface area contributed by atoms with Gasteiger partial charge in [0.1, 0.15) is 10.6 Å². The van der Waals surface area contributed by atoms with Gasteiger partial charge in [0.25, 0.3) is 5.91 Å². The van der Waals surface area contributed by atoms with Crippen LogP contribution in [0.15, 0.2) is 70.7 Å². The van der Waals surface area contributed by atoms with Crippen LogP contribution in [-0.2, 0) is 14.9 Å². The second-order valence-electron chi connectivity index (χ2n) is 7.59. The lowest BCUT2D eigenvalue weighted by molar-refractivity contribution is -0.119. The minimum Gasteiger partial charge on any atom is -0.497 e. The summed E-state index contributed by atoms with van der Waals surface area (Å²) in [6, 6.07) is 16.9. The number of carbonyl (C=O) groups excluding carboxylic acids is 1. The number of hydrogen-bond acceptors (Lipinski definition) is 8. The van der Waals surface area contributed by atoms with Gasteiger partial charge in [-0.15, -0.1) is 0 Å². The van der Waals surface area contributed by atoms with E-state index in [4.69, 9.17) is 13.7 Å². The molecule has 0 saturated carbocycles. The first-order valence-corrected chi connectivity index (χ1v) is 12.0. The summed E-state index contributed by atoms with van der Waals surface area (Å²) in [5.41, 5.74) is 5.14. The SMILES string of the molecule is COc1ccc(NCC(=O)N/N=C/c2ccc(OS(=O)(=O)c3cc(C)ccc3C)c(OC)c2)cc1.